The number of rotatable bonds is 50. The van der Waals surface area contributed by atoms with Crippen LogP contribution in [0.1, 0.15) is 258 Å². The normalized spacial score (nSPS) is 25.1. The van der Waals surface area contributed by atoms with Gasteiger partial charge in [0.2, 0.25) is 5.91 Å². The van der Waals surface area contributed by atoms with Crippen molar-refractivity contribution >= 4 is 5.91 Å². The van der Waals surface area contributed by atoms with E-state index in [0.29, 0.717) is 12.8 Å². The maximum atomic E-state index is 13.3. The Bertz CT molecular complexity index is 1410. The van der Waals surface area contributed by atoms with Gasteiger partial charge in [-0.1, -0.05) is 237 Å². The molecule has 9 N–H and O–H groups in total. The molecule has 0 aromatic rings. The van der Waals surface area contributed by atoms with E-state index in [0.717, 1.165) is 64.2 Å². The lowest BCUT2D eigenvalue weighted by Gasteiger charge is -2.46. The first-order chi connectivity index (χ1) is 37.1. The Morgan fingerprint density at radius 2 is 0.868 bits per heavy atom. The van der Waals surface area contributed by atoms with Crippen LogP contribution in [0.15, 0.2) is 36.5 Å². The molecule has 76 heavy (non-hydrogen) atoms. The van der Waals surface area contributed by atoms with E-state index in [1.807, 2.05) is 0 Å². The molecule has 2 aliphatic heterocycles. The van der Waals surface area contributed by atoms with Gasteiger partial charge in [0.05, 0.1) is 32.0 Å². The minimum atomic E-state index is -1.78. The van der Waals surface area contributed by atoms with E-state index in [1.165, 1.54) is 167 Å². The number of carbonyl (C=O) groups excluding carboxylic acids is 1. The highest BCUT2D eigenvalue weighted by molar-refractivity contribution is 5.76. The summed E-state index contributed by atoms with van der Waals surface area (Å²) in [6.45, 7) is 2.85. The molecular weight excluding hydrogens is 967 g/mol. The molecule has 12 atom stereocenters. The van der Waals surface area contributed by atoms with Crippen LogP contribution in [0.4, 0.5) is 0 Å². The number of unbranched alkanes of at least 4 members (excludes halogenated alkanes) is 31. The van der Waals surface area contributed by atoms with Crippen molar-refractivity contribution in [2.45, 2.75) is 331 Å². The molecule has 14 nitrogen and oxygen atoms in total. The van der Waals surface area contributed by atoms with Crippen LogP contribution in [0, 0.1) is 0 Å². The Kier molecular flexibility index (Phi) is 44.4. The quantitative estimate of drug-likeness (QED) is 0.0204. The van der Waals surface area contributed by atoms with Crippen molar-refractivity contribution in [2.75, 3.05) is 19.8 Å². The molecule has 2 saturated heterocycles. The number of aliphatic hydroxyl groups is 8. The van der Waals surface area contributed by atoms with Crippen molar-refractivity contribution in [1.29, 1.82) is 0 Å². The predicted octanol–water partition coefficient (Wildman–Crippen LogP) is 11.0. The molecule has 14 heteroatoms. The number of amides is 1. The van der Waals surface area contributed by atoms with Crippen molar-refractivity contribution < 1.29 is 64.6 Å². The first-order valence-electron chi connectivity index (χ1n) is 31.2. The summed E-state index contributed by atoms with van der Waals surface area (Å²) in [4.78, 5) is 13.3. The minimum Gasteiger partial charge on any atom is -0.394 e. The molecular formula is C62H115NO13. The van der Waals surface area contributed by atoms with Crippen LogP contribution in [0.25, 0.3) is 0 Å². The summed E-state index contributed by atoms with van der Waals surface area (Å²) >= 11 is 0. The third-order valence-corrected chi connectivity index (χ3v) is 15.4. The summed E-state index contributed by atoms with van der Waals surface area (Å²) in [5.74, 6) is -0.206. The zero-order chi connectivity index (χ0) is 55.3. The second-order valence-electron chi connectivity index (χ2n) is 22.2. The zero-order valence-electron chi connectivity index (χ0n) is 48.0. The van der Waals surface area contributed by atoms with Gasteiger partial charge in [0.15, 0.2) is 12.6 Å². The minimum absolute atomic E-state index is 0.206. The molecule has 0 spiro atoms. The first kappa shape index (κ1) is 70.3. The summed E-state index contributed by atoms with van der Waals surface area (Å²) in [5.41, 5.74) is 0. The topological polar surface area (TPSA) is 228 Å². The first-order valence-corrected chi connectivity index (χ1v) is 31.2. The molecule has 12 unspecified atom stereocenters. The van der Waals surface area contributed by atoms with E-state index in [9.17, 15) is 45.6 Å². The molecule has 2 fully saturated rings. The summed E-state index contributed by atoms with van der Waals surface area (Å²) in [7, 11) is 0. The van der Waals surface area contributed by atoms with Gasteiger partial charge in [-0.05, 0) is 51.4 Å². The summed E-state index contributed by atoms with van der Waals surface area (Å²) in [6.07, 6.45) is 41.7. The van der Waals surface area contributed by atoms with E-state index in [1.54, 1.807) is 0 Å². The Morgan fingerprint density at radius 1 is 0.474 bits per heavy atom. The smallest absolute Gasteiger partial charge is 0.220 e. The SMILES string of the molecule is CCCCCCC/C=C\C/C=C\C/C=C\CCCCCCCCCCCCCCCCCCC(=O)NC(COC1OC(CO)C(OC2OC(CO)C(O)C(O)C2O)C(O)C1O)C(O)CCCCCCCCCCCCC. The van der Waals surface area contributed by atoms with E-state index >= 15 is 0 Å². The molecule has 0 aliphatic carbocycles. The van der Waals surface area contributed by atoms with Gasteiger partial charge in [-0.2, -0.15) is 0 Å². The molecule has 0 saturated carbocycles. The second kappa shape index (κ2) is 48.0. The fraction of sp³-hybridized carbons (Fsp3) is 0.887. The number of aliphatic hydroxyl groups excluding tert-OH is 8. The van der Waals surface area contributed by atoms with Gasteiger partial charge in [0.1, 0.15) is 48.8 Å². The molecule has 2 heterocycles. The monoisotopic (exact) mass is 1080 g/mol. The fourth-order valence-corrected chi connectivity index (χ4v) is 10.3. The standard InChI is InChI=1S/C62H115NO13/c1-3-5-7-9-11-13-15-16-17-18-19-20-21-22-23-24-25-26-27-28-29-30-31-32-33-34-36-38-40-42-44-46-54(67)63-50(51(66)45-43-41-39-37-35-14-12-10-8-6-4-2)49-73-61-59(72)57(70)60(53(48-65)75-61)76-62-58(71)56(69)55(68)52(47-64)74-62/h15-16,18-19,21-22,50-53,55-62,64-66,68-72H,3-14,17,20,23-49H2,1-2H3,(H,63,67)/b16-15-,19-18-,22-21-. The summed E-state index contributed by atoms with van der Waals surface area (Å²) in [5, 5.41) is 87.1. The van der Waals surface area contributed by atoms with E-state index < -0.39 is 86.8 Å². The maximum absolute atomic E-state index is 13.3. The number of hydrogen-bond donors (Lipinski definition) is 9. The number of ether oxygens (including phenoxy) is 4. The van der Waals surface area contributed by atoms with Gasteiger partial charge in [0.25, 0.3) is 0 Å². The predicted molar refractivity (Wildman–Crippen MR) is 305 cm³/mol. The molecule has 1 amide bonds. The van der Waals surface area contributed by atoms with Crippen molar-refractivity contribution in [3.05, 3.63) is 36.5 Å². The summed E-state index contributed by atoms with van der Waals surface area (Å²) < 4.78 is 22.8. The van der Waals surface area contributed by atoms with Gasteiger partial charge < -0.3 is 65.1 Å². The highest BCUT2D eigenvalue weighted by Crippen LogP contribution is 2.30. The highest BCUT2D eigenvalue weighted by atomic mass is 16.7. The third kappa shape index (κ3) is 33.1. The van der Waals surface area contributed by atoms with Crippen molar-refractivity contribution in [3.8, 4) is 0 Å². The number of allylic oxidation sites excluding steroid dienone is 6. The lowest BCUT2D eigenvalue weighted by molar-refractivity contribution is -0.359. The number of nitrogens with one attached hydrogen (secondary N) is 1. The van der Waals surface area contributed by atoms with E-state index in [4.69, 9.17) is 18.9 Å². The molecule has 0 bridgehead atoms. The molecule has 0 aromatic heterocycles. The van der Waals surface area contributed by atoms with Crippen LogP contribution in [0.2, 0.25) is 0 Å². The van der Waals surface area contributed by atoms with Crippen LogP contribution >= 0.6 is 0 Å². The largest absolute Gasteiger partial charge is 0.394 e. The van der Waals surface area contributed by atoms with Crippen molar-refractivity contribution in [2.24, 2.45) is 0 Å². The van der Waals surface area contributed by atoms with Crippen LogP contribution in [0.3, 0.4) is 0 Å². The Morgan fingerprint density at radius 3 is 1.33 bits per heavy atom. The Labute approximate surface area is 461 Å². The van der Waals surface area contributed by atoms with Crippen LogP contribution in [0.5, 0.6) is 0 Å². The lowest BCUT2D eigenvalue weighted by Crippen LogP contribution is -2.65. The lowest BCUT2D eigenvalue weighted by atomic mass is 9.97. The van der Waals surface area contributed by atoms with Gasteiger partial charge in [-0.3, -0.25) is 4.79 Å². The highest BCUT2D eigenvalue weighted by Gasteiger charge is 2.51. The Balaban J connectivity index is 1.63. The number of carbonyl (C=O) groups is 1. The van der Waals surface area contributed by atoms with E-state index in [2.05, 4.69) is 55.6 Å². The van der Waals surface area contributed by atoms with Crippen molar-refractivity contribution in [3.63, 3.8) is 0 Å². The molecule has 2 aliphatic rings. The average Bonchev–Trinajstić information content (AvgIpc) is 3.42. The maximum Gasteiger partial charge on any atom is 0.220 e. The zero-order valence-corrected chi connectivity index (χ0v) is 48.0. The van der Waals surface area contributed by atoms with Gasteiger partial charge in [-0.15, -0.1) is 0 Å². The molecule has 446 valence electrons. The van der Waals surface area contributed by atoms with E-state index in [-0.39, 0.29) is 12.5 Å². The van der Waals surface area contributed by atoms with Gasteiger partial charge >= 0.3 is 0 Å². The summed E-state index contributed by atoms with van der Waals surface area (Å²) in [6, 6.07) is -0.826. The second-order valence-corrected chi connectivity index (χ2v) is 22.2. The van der Waals surface area contributed by atoms with Crippen LogP contribution in [-0.2, 0) is 23.7 Å². The fourth-order valence-electron chi connectivity index (χ4n) is 10.3. The van der Waals surface area contributed by atoms with Crippen LogP contribution in [-0.4, -0.2) is 140 Å². The Hall–Kier alpha value is -1.79. The van der Waals surface area contributed by atoms with Gasteiger partial charge in [-0.25, -0.2) is 0 Å². The molecule has 0 aromatic carbocycles. The molecule has 0 radical (unpaired) electrons. The average molecular weight is 1080 g/mol. The number of hydrogen-bond acceptors (Lipinski definition) is 13. The van der Waals surface area contributed by atoms with Crippen LogP contribution < -0.4 is 5.32 Å². The third-order valence-electron chi connectivity index (χ3n) is 15.4. The molecule has 2 rings (SSSR count). The van der Waals surface area contributed by atoms with Crippen molar-refractivity contribution in [1.82, 2.24) is 5.32 Å². The van der Waals surface area contributed by atoms with Gasteiger partial charge in [0, 0.05) is 6.42 Å².